The van der Waals surface area contributed by atoms with Crippen LogP contribution in [0, 0.1) is 5.82 Å². The van der Waals surface area contributed by atoms with Gasteiger partial charge < -0.3 is 24.3 Å². The first-order valence-corrected chi connectivity index (χ1v) is 7.89. The third kappa shape index (κ3) is 5.05. The Morgan fingerprint density at radius 1 is 1.00 bits per heavy atom. The van der Waals surface area contributed by atoms with Crippen molar-refractivity contribution < 1.29 is 37.0 Å². The van der Waals surface area contributed by atoms with Crippen molar-refractivity contribution in [3.8, 4) is 11.5 Å². The zero-order valence-corrected chi connectivity index (χ0v) is 14.4. The predicted octanol–water partition coefficient (Wildman–Crippen LogP) is 3.56. The van der Waals surface area contributed by atoms with E-state index in [1.165, 1.54) is 42.7 Å². The molecule has 2 aromatic carbocycles. The molecule has 8 heteroatoms. The summed E-state index contributed by atoms with van der Waals surface area (Å²) in [5.41, 5.74) is 0.734. The maximum atomic E-state index is 13.3. The Morgan fingerprint density at radius 3 is 2.36 bits per heavy atom. The molecule has 0 atom stereocenters. The fourth-order valence-electron chi connectivity index (χ4n) is 2.33. The molecule has 0 amide bonds. The molecule has 1 aromatic heterocycles. The summed E-state index contributed by atoms with van der Waals surface area (Å²) in [7, 11) is -6.11. The monoisotopic (exact) mass is 397 g/mol. The molecular weight excluding hydrogens is 365 g/mol. The topological polar surface area (TPSA) is 74.7 Å². The van der Waals surface area contributed by atoms with Crippen molar-refractivity contribution in [2.45, 2.75) is 0 Å². The second kappa shape index (κ2) is 9.82. The van der Waals surface area contributed by atoms with Gasteiger partial charge in [0.05, 0.1) is 32.3 Å². The number of nitrogens with one attached hydrogen (secondary N) is 1. The minimum absolute atomic E-state index is 0.188. The van der Waals surface area contributed by atoms with Crippen LogP contribution in [0.25, 0.3) is 10.9 Å². The molecule has 0 radical (unpaired) electrons. The van der Waals surface area contributed by atoms with Crippen LogP contribution in [0.15, 0.2) is 42.7 Å². The van der Waals surface area contributed by atoms with Crippen LogP contribution in [0.4, 0.5) is 15.9 Å². The van der Waals surface area contributed by atoms with Gasteiger partial charge in [0.2, 0.25) is 0 Å². The van der Waals surface area contributed by atoms with Crippen LogP contribution in [-0.4, -0.2) is 50.4 Å². The van der Waals surface area contributed by atoms with Gasteiger partial charge in [-0.3, -0.25) is 0 Å². The maximum absolute atomic E-state index is 13.3. The molecule has 0 saturated heterocycles. The number of nitrogens with zero attached hydrogens (tertiary/aromatic N) is 2. The summed E-state index contributed by atoms with van der Waals surface area (Å²) in [4.78, 5) is 8.28. The first-order chi connectivity index (χ1) is 17.4. The van der Waals surface area contributed by atoms with Crippen molar-refractivity contribution >= 4 is 22.4 Å². The van der Waals surface area contributed by atoms with E-state index >= 15 is 0 Å². The lowest BCUT2D eigenvalue weighted by molar-refractivity contribution is 0.132. The van der Waals surface area contributed by atoms with Crippen LogP contribution in [0.3, 0.4) is 0 Å². The SMILES string of the molecule is [2H]C([2H])([2H])OC([2H])([2H])COc1cc2ncnc(Nc3ccc(F)cc3)c2cc1OCC([2H])([2H])OC([2H])([2H])[2H]. The second-order valence-corrected chi connectivity index (χ2v) is 5.24. The molecule has 0 bridgehead atoms. The van der Waals surface area contributed by atoms with Crippen LogP contribution in [0.1, 0.15) is 13.7 Å². The number of benzene rings is 2. The molecule has 28 heavy (non-hydrogen) atoms. The van der Waals surface area contributed by atoms with E-state index < -0.39 is 46.2 Å². The van der Waals surface area contributed by atoms with Crippen LogP contribution in [0.5, 0.6) is 11.5 Å². The molecule has 0 aliphatic heterocycles. The minimum Gasteiger partial charge on any atom is -0.487 e. The molecule has 0 unspecified atom stereocenters. The maximum Gasteiger partial charge on any atom is 0.163 e. The summed E-state index contributed by atoms with van der Waals surface area (Å²) >= 11 is 0. The first kappa shape index (κ1) is 10.5. The fourth-order valence-corrected chi connectivity index (χ4v) is 2.33. The first-order valence-electron chi connectivity index (χ1n) is 12.9. The van der Waals surface area contributed by atoms with Gasteiger partial charge in [0.25, 0.3) is 0 Å². The molecular formula is C20H22FN3O4. The number of anilines is 2. The van der Waals surface area contributed by atoms with Crippen molar-refractivity contribution in [2.24, 2.45) is 0 Å². The van der Waals surface area contributed by atoms with E-state index in [1.54, 1.807) is 0 Å². The molecule has 1 heterocycles. The van der Waals surface area contributed by atoms with Crippen molar-refractivity contribution in [1.29, 1.82) is 0 Å². The number of methoxy groups -OCH3 is 2. The molecule has 148 valence electrons. The second-order valence-electron chi connectivity index (χ2n) is 5.24. The Morgan fingerprint density at radius 2 is 1.68 bits per heavy atom. The van der Waals surface area contributed by atoms with Crippen LogP contribution < -0.4 is 14.8 Å². The van der Waals surface area contributed by atoms with Crippen LogP contribution >= 0.6 is 0 Å². The zero-order chi connectivity index (χ0) is 28.4. The number of rotatable bonds is 10. The molecule has 0 aliphatic rings. The van der Waals surface area contributed by atoms with Gasteiger partial charge in [-0.05, 0) is 30.3 Å². The Kier molecular flexibility index (Phi) is 3.70. The highest BCUT2D eigenvalue weighted by molar-refractivity contribution is 5.93. The molecule has 0 aliphatic carbocycles. The third-order valence-electron chi connectivity index (χ3n) is 3.53. The van der Waals surface area contributed by atoms with E-state index in [9.17, 15) is 4.39 Å². The van der Waals surface area contributed by atoms with Crippen molar-refractivity contribution in [3.63, 3.8) is 0 Å². The highest BCUT2D eigenvalue weighted by atomic mass is 19.1. The lowest BCUT2D eigenvalue weighted by Gasteiger charge is -2.15. The normalized spacial score (nSPS) is 18.0. The molecule has 1 N–H and O–H groups in total. The number of fused-ring (bicyclic) bond motifs is 1. The van der Waals surface area contributed by atoms with Gasteiger partial charge >= 0.3 is 0 Å². The van der Waals surface area contributed by atoms with Crippen LogP contribution in [-0.2, 0) is 9.47 Å². The molecule has 3 aromatic rings. The fraction of sp³-hybridized carbons (Fsp3) is 0.300. The summed E-state index contributed by atoms with van der Waals surface area (Å²) < 4.78 is 107. The van der Waals surface area contributed by atoms with Gasteiger partial charge in [0.15, 0.2) is 11.5 Å². The van der Waals surface area contributed by atoms with Gasteiger partial charge in [-0.1, -0.05) is 0 Å². The average Bonchev–Trinajstić information content (AvgIpc) is 2.75. The smallest absolute Gasteiger partial charge is 0.163 e. The van der Waals surface area contributed by atoms with E-state index in [0.29, 0.717) is 11.1 Å². The lowest BCUT2D eigenvalue weighted by Crippen LogP contribution is -2.09. The Labute approximate surface area is 176 Å². The molecule has 7 nitrogen and oxygen atoms in total. The predicted molar refractivity (Wildman–Crippen MR) is 104 cm³/mol. The van der Waals surface area contributed by atoms with E-state index in [4.69, 9.17) is 23.2 Å². The van der Waals surface area contributed by atoms with Crippen LogP contribution in [0.2, 0.25) is 0 Å². The summed E-state index contributed by atoms with van der Waals surface area (Å²) in [5.74, 6) is -0.596. The molecule has 3 rings (SSSR count). The summed E-state index contributed by atoms with van der Waals surface area (Å²) in [6.07, 6.45) is 1.21. The number of hydrogen-bond acceptors (Lipinski definition) is 7. The number of ether oxygens (including phenoxy) is 4. The number of halogens is 1. The Bertz CT molecular complexity index is 1260. The van der Waals surface area contributed by atoms with Crippen molar-refractivity contribution in [2.75, 3.05) is 45.7 Å². The Hall–Kier alpha value is -2.97. The molecule has 0 saturated carbocycles. The minimum atomic E-state index is -3.06. The number of aromatic nitrogens is 2. The van der Waals surface area contributed by atoms with E-state index in [1.807, 2.05) is 0 Å². The largest absolute Gasteiger partial charge is 0.487 e. The van der Waals surface area contributed by atoms with E-state index in [-0.39, 0.29) is 22.8 Å². The van der Waals surface area contributed by atoms with Gasteiger partial charge in [0, 0.05) is 31.2 Å². The highest BCUT2D eigenvalue weighted by Crippen LogP contribution is 2.35. The Balaban J connectivity index is 1.97. The van der Waals surface area contributed by atoms with E-state index in [0.717, 1.165) is 0 Å². The zero-order valence-electron chi connectivity index (χ0n) is 24.4. The van der Waals surface area contributed by atoms with Crippen molar-refractivity contribution in [1.82, 2.24) is 9.97 Å². The quantitative estimate of drug-likeness (QED) is 0.561. The number of hydrogen-bond donors (Lipinski definition) is 1. The van der Waals surface area contributed by atoms with Gasteiger partial charge in [-0.25, -0.2) is 14.4 Å². The van der Waals surface area contributed by atoms with Gasteiger partial charge in [-0.2, -0.15) is 0 Å². The highest BCUT2D eigenvalue weighted by Gasteiger charge is 2.13. The van der Waals surface area contributed by atoms with Gasteiger partial charge in [0.1, 0.15) is 31.2 Å². The third-order valence-corrected chi connectivity index (χ3v) is 3.53. The van der Waals surface area contributed by atoms with E-state index in [2.05, 4.69) is 24.8 Å². The average molecular weight is 397 g/mol. The lowest BCUT2D eigenvalue weighted by atomic mass is 10.2. The summed E-state index contributed by atoms with van der Waals surface area (Å²) in [6.45, 7) is -7.34. The summed E-state index contributed by atoms with van der Waals surface area (Å²) in [5, 5.41) is 3.29. The van der Waals surface area contributed by atoms with Crippen molar-refractivity contribution in [3.05, 3.63) is 48.5 Å². The standard InChI is InChI=1S/C20H22FN3O4/c1-25-7-9-27-18-11-16-17(12-19(18)28-10-8-26-2)22-13-23-20(16)24-15-5-3-14(21)4-6-15/h3-6,11-13H,7-10H2,1-2H3,(H,22,23,24)/i1D3,2D3,7D2,8D2. The van der Waals surface area contributed by atoms with Gasteiger partial charge in [-0.15, -0.1) is 0 Å². The molecule has 0 spiro atoms. The molecule has 0 fully saturated rings. The summed E-state index contributed by atoms with van der Waals surface area (Å²) in [6, 6.07) is 8.01.